The van der Waals surface area contributed by atoms with Crippen LogP contribution in [0.2, 0.25) is 0 Å². The number of pyridine rings is 1. The van der Waals surface area contributed by atoms with Crippen LogP contribution < -0.4 is 10.0 Å². The summed E-state index contributed by atoms with van der Waals surface area (Å²) < 4.78 is 54.3. The van der Waals surface area contributed by atoms with Gasteiger partial charge in [-0.3, -0.25) is 4.98 Å². The van der Waals surface area contributed by atoms with Crippen molar-refractivity contribution in [3.63, 3.8) is 0 Å². The van der Waals surface area contributed by atoms with E-state index in [0.29, 0.717) is 25.1 Å². The fourth-order valence-corrected chi connectivity index (χ4v) is 4.14. The zero-order valence-electron chi connectivity index (χ0n) is 12.7. The van der Waals surface area contributed by atoms with Crippen molar-refractivity contribution in [3.8, 4) is 0 Å². The first-order valence-electron chi connectivity index (χ1n) is 7.55. The molecule has 1 saturated heterocycles. The van der Waals surface area contributed by atoms with E-state index in [1.165, 1.54) is 24.5 Å². The molecule has 2 atom stereocenters. The predicted octanol–water partition coefficient (Wildman–Crippen LogP) is 1.78. The normalized spacial score (nSPS) is 21.6. The van der Waals surface area contributed by atoms with Crippen LogP contribution in [0.1, 0.15) is 17.9 Å². The molecule has 0 amide bonds. The number of rotatable bonds is 4. The zero-order chi connectivity index (χ0) is 17.2. The Bertz CT molecular complexity index is 815. The highest BCUT2D eigenvalue weighted by atomic mass is 32.2. The fraction of sp³-hybridized carbons (Fsp3) is 0.312. The van der Waals surface area contributed by atoms with Gasteiger partial charge in [-0.2, -0.15) is 0 Å². The molecule has 0 bridgehead atoms. The molecule has 2 N–H and O–H groups in total. The number of nitrogens with zero attached hydrogens (tertiary/aromatic N) is 1. The summed E-state index contributed by atoms with van der Waals surface area (Å²) in [6.45, 7) is 1.08. The average molecular weight is 353 g/mol. The molecule has 0 spiro atoms. The van der Waals surface area contributed by atoms with Gasteiger partial charge in [0.2, 0.25) is 10.0 Å². The van der Waals surface area contributed by atoms with Crippen molar-refractivity contribution in [2.75, 3.05) is 13.1 Å². The highest BCUT2D eigenvalue weighted by Gasteiger charge is 2.31. The van der Waals surface area contributed by atoms with Gasteiger partial charge in [-0.25, -0.2) is 21.9 Å². The van der Waals surface area contributed by atoms with Crippen LogP contribution >= 0.6 is 0 Å². The van der Waals surface area contributed by atoms with Crippen molar-refractivity contribution < 1.29 is 17.2 Å². The first kappa shape index (κ1) is 16.9. The van der Waals surface area contributed by atoms with Gasteiger partial charge in [-0.15, -0.1) is 0 Å². The number of hydrogen-bond donors (Lipinski definition) is 2. The highest BCUT2D eigenvalue weighted by Crippen LogP contribution is 2.28. The maximum Gasteiger partial charge on any atom is 0.242 e. The van der Waals surface area contributed by atoms with Crippen LogP contribution in [0.5, 0.6) is 0 Å². The molecule has 24 heavy (non-hydrogen) atoms. The second-order valence-electron chi connectivity index (χ2n) is 5.69. The van der Waals surface area contributed by atoms with Gasteiger partial charge in [0.25, 0.3) is 0 Å². The largest absolute Gasteiger partial charge is 0.315 e. The van der Waals surface area contributed by atoms with E-state index >= 15 is 0 Å². The quantitative estimate of drug-likeness (QED) is 0.879. The molecule has 2 unspecified atom stereocenters. The Morgan fingerprint density at radius 2 is 2.04 bits per heavy atom. The van der Waals surface area contributed by atoms with Gasteiger partial charge >= 0.3 is 0 Å². The summed E-state index contributed by atoms with van der Waals surface area (Å²) in [7, 11) is -3.74. The molecular weight excluding hydrogens is 336 g/mol. The Morgan fingerprint density at radius 3 is 2.75 bits per heavy atom. The molecule has 0 aliphatic carbocycles. The van der Waals surface area contributed by atoms with Crippen molar-refractivity contribution in [3.05, 3.63) is 59.9 Å². The molecular formula is C16H17F2N3O2S. The third kappa shape index (κ3) is 3.61. The number of piperidine rings is 1. The number of halogens is 2. The second-order valence-corrected chi connectivity index (χ2v) is 7.40. The Morgan fingerprint density at radius 1 is 1.21 bits per heavy atom. The smallest absolute Gasteiger partial charge is 0.242 e. The molecule has 8 heteroatoms. The first-order valence-corrected chi connectivity index (χ1v) is 9.04. The summed E-state index contributed by atoms with van der Waals surface area (Å²) in [4.78, 5) is 3.89. The highest BCUT2D eigenvalue weighted by molar-refractivity contribution is 7.89. The van der Waals surface area contributed by atoms with E-state index in [9.17, 15) is 17.2 Å². The molecule has 1 aliphatic rings. The number of hydrogen-bond acceptors (Lipinski definition) is 4. The van der Waals surface area contributed by atoms with Crippen molar-refractivity contribution in [1.29, 1.82) is 0 Å². The third-order valence-electron chi connectivity index (χ3n) is 4.11. The predicted molar refractivity (Wildman–Crippen MR) is 84.9 cm³/mol. The van der Waals surface area contributed by atoms with Crippen LogP contribution in [0.15, 0.2) is 47.6 Å². The number of sulfonamides is 1. The number of benzene rings is 1. The fourth-order valence-electron chi connectivity index (χ4n) is 2.90. The van der Waals surface area contributed by atoms with Gasteiger partial charge in [0.1, 0.15) is 4.90 Å². The van der Waals surface area contributed by atoms with Crippen molar-refractivity contribution in [1.82, 2.24) is 15.0 Å². The van der Waals surface area contributed by atoms with E-state index in [1.807, 2.05) is 0 Å². The Labute approximate surface area is 139 Å². The van der Waals surface area contributed by atoms with E-state index < -0.39 is 27.7 Å². The van der Waals surface area contributed by atoms with E-state index in [-0.39, 0.29) is 10.8 Å². The molecule has 128 valence electrons. The van der Waals surface area contributed by atoms with Gasteiger partial charge in [0.15, 0.2) is 11.6 Å². The zero-order valence-corrected chi connectivity index (χ0v) is 13.6. The minimum atomic E-state index is -3.74. The third-order valence-corrected chi connectivity index (χ3v) is 5.58. The summed E-state index contributed by atoms with van der Waals surface area (Å²) in [5.74, 6) is -2.09. The first-order chi connectivity index (χ1) is 11.5. The maximum atomic E-state index is 13.5. The minimum absolute atomic E-state index is 0.0691. The number of nitrogens with one attached hydrogen (secondary N) is 2. The summed E-state index contributed by atoms with van der Waals surface area (Å²) in [6.07, 6.45) is 3.38. The lowest BCUT2D eigenvalue weighted by Crippen LogP contribution is -2.49. The van der Waals surface area contributed by atoms with E-state index in [0.717, 1.165) is 12.1 Å². The molecule has 0 saturated carbocycles. The second kappa shape index (κ2) is 6.92. The summed E-state index contributed by atoms with van der Waals surface area (Å²) in [5.41, 5.74) is 0.578. The Hall–Kier alpha value is -1.90. The SMILES string of the molecule is O=S(=O)(NC1CNCCC1c1ccc(F)c(F)c1)c1cccnc1. The molecule has 2 aromatic rings. The van der Waals surface area contributed by atoms with Gasteiger partial charge in [-0.05, 0) is 42.8 Å². The molecule has 1 aliphatic heterocycles. The molecule has 1 fully saturated rings. The monoisotopic (exact) mass is 353 g/mol. The Kier molecular flexibility index (Phi) is 4.88. The van der Waals surface area contributed by atoms with E-state index in [4.69, 9.17) is 0 Å². The van der Waals surface area contributed by atoms with E-state index in [2.05, 4.69) is 15.0 Å². The van der Waals surface area contributed by atoms with Gasteiger partial charge in [0.05, 0.1) is 0 Å². The summed E-state index contributed by atoms with van der Waals surface area (Å²) >= 11 is 0. The minimum Gasteiger partial charge on any atom is -0.315 e. The molecule has 1 aromatic heterocycles. The van der Waals surface area contributed by atoms with Crippen LogP contribution in [0.4, 0.5) is 8.78 Å². The molecule has 2 heterocycles. The average Bonchev–Trinajstić information content (AvgIpc) is 2.58. The van der Waals surface area contributed by atoms with Gasteiger partial charge < -0.3 is 5.32 Å². The maximum absolute atomic E-state index is 13.5. The molecule has 3 rings (SSSR count). The summed E-state index contributed by atoms with van der Waals surface area (Å²) in [6, 6.07) is 6.24. The lowest BCUT2D eigenvalue weighted by molar-refractivity contribution is 0.376. The van der Waals surface area contributed by atoms with Crippen molar-refractivity contribution in [2.45, 2.75) is 23.3 Å². The van der Waals surface area contributed by atoms with Crippen LogP contribution in [0.3, 0.4) is 0 Å². The van der Waals surface area contributed by atoms with Crippen LogP contribution in [-0.2, 0) is 10.0 Å². The summed E-state index contributed by atoms with van der Waals surface area (Å²) in [5, 5.41) is 3.12. The number of aromatic nitrogens is 1. The van der Waals surface area contributed by atoms with Crippen molar-refractivity contribution >= 4 is 10.0 Å². The van der Waals surface area contributed by atoms with Gasteiger partial charge in [-0.1, -0.05) is 6.07 Å². The Balaban J connectivity index is 1.86. The van der Waals surface area contributed by atoms with E-state index in [1.54, 1.807) is 6.07 Å². The lowest BCUT2D eigenvalue weighted by Gasteiger charge is -2.33. The molecule has 1 aromatic carbocycles. The van der Waals surface area contributed by atoms with Gasteiger partial charge in [0, 0.05) is 30.9 Å². The van der Waals surface area contributed by atoms with Crippen LogP contribution in [0, 0.1) is 11.6 Å². The molecule has 5 nitrogen and oxygen atoms in total. The van der Waals surface area contributed by atoms with Crippen molar-refractivity contribution in [2.24, 2.45) is 0 Å². The standard InChI is InChI=1S/C16H17F2N3O2S/c17-14-4-3-11(8-15(14)18)13-5-7-20-10-16(13)21-24(22,23)12-2-1-6-19-9-12/h1-4,6,8-9,13,16,20-21H,5,7,10H2. The molecule has 0 radical (unpaired) electrons. The lowest BCUT2D eigenvalue weighted by atomic mass is 9.86. The van der Waals surface area contributed by atoms with Crippen LogP contribution in [-0.4, -0.2) is 32.5 Å². The topological polar surface area (TPSA) is 71.1 Å². The van der Waals surface area contributed by atoms with Crippen LogP contribution in [0.25, 0.3) is 0 Å².